The van der Waals surface area contributed by atoms with E-state index < -0.39 is 17.9 Å². The molecule has 0 aliphatic carbocycles. The van der Waals surface area contributed by atoms with E-state index in [1.54, 1.807) is 0 Å². The lowest BCUT2D eigenvalue weighted by Crippen LogP contribution is -2.51. The first-order chi connectivity index (χ1) is 19.8. The van der Waals surface area contributed by atoms with Crippen LogP contribution < -0.4 is 5.11 Å². The molecule has 0 atom stereocenters. The molecule has 0 bridgehead atoms. The Morgan fingerprint density at radius 1 is 0.512 bits per heavy atom. The van der Waals surface area contributed by atoms with Crippen molar-refractivity contribution in [3.63, 3.8) is 0 Å². The molecule has 0 rings (SSSR count). The molecule has 0 aliphatic rings. The van der Waals surface area contributed by atoms with Gasteiger partial charge in [0.25, 0.3) is 0 Å². The highest BCUT2D eigenvalue weighted by Gasteiger charge is 2.26. The number of quaternary nitrogens is 1. The Morgan fingerprint density at radius 2 is 0.854 bits per heavy atom. The van der Waals surface area contributed by atoms with Crippen molar-refractivity contribution < 1.29 is 34.2 Å². The van der Waals surface area contributed by atoms with Crippen LogP contribution in [0.15, 0.2) is 12.2 Å². The molecule has 7 nitrogen and oxygen atoms in total. The van der Waals surface area contributed by atoms with E-state index >= 15 is 0 Å². The first-order valence-electron chi connectivity index (χ1n) is 16.9. The first-order valence-corrected chi connectivity index (χ1v) is 16.9. The molecular weight excluding hydrogens is 518 g/mol. The number of hydrogen-bond donors (Lipinski definition) is 2. The Labute approximate surface area is 251 Å². The number of allylic oxidation sites excluding steroid dienone is 2. The Hall–Kier alpha value is -1.89. The molecule has 0 saturated heterocycles. The van der Waals surface area contributed by atoms with Gasteiger partial charge in [-0.1, -0.05) is 76.9 Å². The first kappa shape index (κ1) is 39.1. The highest BCUT2D eigenvalue weighted by molar-refractivity contribution is 5.66. The van der Waals surface area contributed by atoms with Gasteiger partial charge in [0, 0.05) is 18.8 Å². The zero-order chi connectivity index (χ0) is 30.4. The summed E-state index contributed by atoms with van der Waals surface area (Å²) in [5.74, 6) is -2.57. The Balaban J connectivity index is 4.39. The molecule has 0 aromatic rings. The lowest BCUT2D eigenvalue weighted by Gasteiger charge is -2.39. The normalized spacial score (nSPS) is 11.8. The highest BCUT2D eigenvalue weighted by atomic mass is 16.4. The molecule has 41 heavy (non-hydrogen) atoms. The number of carbonyl (C=O) groups is 3. The minimum Gasteiger partial charge on any atom is -0.550 e. The molecule has 2 N–H and O–H groups in total. The fourth-order valence-corrected chi connectivity index (χ4v) is 5.71. The summed E-state index contributed by atoms with van der Waals surface area (Å²) in [5, 5.41) is 29.0. The molecule has 0 aromatic carbocycles. The minimum absolute atomic E-state index is 0.0633. The van der Waals surface area contributed by atoms with Crippen molar-refractivity contribution in [2.75, 3.05) is 26.2 Å². The zero-order valence-electron chi connectivity index (χ0n) is 26.4. The largest absolute Gasteiger partial charge is 0.550 e. The number of carbonyl (C=O) groups excluding carboxylic acids is 1. The maximum absolute atomic E-state index is 11.0. The maximum atomic E-state index is 11.0. The third kappa shape index (κ3) is 28.0. The van der Waals surface area contributed by atoms with Gasteiger partial charge in [0.05, 0.1) is 26.2 Å². The molecule has 0 fully saturated rings. The SMILES string of the molecule is CCCCCC/C=C/CCCCCCCCCCC[N+](CCCCC(=O)[O-])(CCCCC(=O)O)CCCCC(=O)O. The van der Waals surface area contributed by atoms with Crippen molar-refractivity contribution in [2.24, 2.45) is 0 Å². The summed E-state index contributed by atoms with van der Waals surface area (Å²) in [6.07, 6.45) is 28.5. The van der Waals surface area contributed by atoms with Gasteiger partial charge < -0.3 is 24.6 Å². The summed E-state index contributed by atoms with van der Waals surface area (Å²) in [4.78, 5) is 32.9. The van der Waals surface area contributed by atoms with E-state index in [-0.39, 0.29) is 19.3 Å². The lowest BCUT2D eigenvalue weighted by atomic mass is 10.0. The molecule has 7 heteroatoms. The van der Waals surface area contributed by atoms with E-state index in [1.807, 2.05) is 0 Å². The summed E-state index contributed by atoms with van der Waals surface area (Å²) in [7, 11) is 0. The fraction of sp³-hybridized carbons (Fsp3) is 0.853. The van der Waals surface area contributed by atoms with Gasteiger partial charge in [0.1, 0.15) is 0 Å². The molecule has 0 unspecified atom stereocenters. The van der Waals surface area contributed by atoms with Gasteiger partial charge in [0.15, 0.2) is 0 Å². The number of aliphatic carboxylic acids is 3. The zero-order valence-corrected chi connectivity index (χ0v) is 26.4. The summed E-state index contributed by atoms with van der Waals surface area (Å²) >= 11 is 0. The Kier molecular flexibility index (Phi) is 26.9. The van der Waals surface area contributed by atoms with Crippen LogP contribution in [0.2, 0.25) is 0 Å². The quantitative estimate of drug-likeness (QED) is 0.0479. The summed E-state index contributed by atoms with van der Waals surface area (Å²) < 4.78 is 0.847. The molecule has 0 amide bonds. The van der Waals surface area contributed by atoms with Crippen LogP contribution in [-0.2, 0) is 14.4 Å². The second-order valence-corrected chi connectivity index (χ2v) is 12.1. The second-order valence-electron chi connectivity index (χ2n) is 12.1. The summed E-state index contributed by atoms with van der Waals surface area (Å²) in [5.41, 5.74) is 0. The average Bonchev–Trinajstić information content (AvgIpc) is 2.93. The van der Waals surface area contributed by atoms with E-state index in [4.69, 9.17) is 10.2 Å². The second kappa shape index (κ2) is 28.2. The van der Waals surface area contributed by atoms with Crippen LogP contribution in [0.4, 0.5) is 0 Å². The van der Waals surface area contributed by atoms with Crippen molar-refractivity contribution in [1.82, 2.24) is 0 Å². The third-order valence-electron chi connectivity index (χ3n) is 8.20. The Bertz CT molecular complexity index is 623. The van der Waals surface area contributed by atoms with Crippen molar-refractivity contribution in [3.8, 4) is 0 Å². The fourth-order valence-electron chi connectivity index (χ4n) is 5.71. The number of nitrogens with zero attached hydrogens (tertiary/aromatic N) is 1. The molecule has 0 aliphatic heterocycles. The average molecular weight is 582 g/mol. The van der Waals surface area contributed by atoms with Gasteiger partial charge in [-0.3, -0.25) is 9.59 Å². The van der Waals surface area contributed by atoms with Crippen LogP contribution in [0.3, 0.4) is 0 Å². The van der Waals surface area contributed by atoms with Crippen LogP contribution in [0.1, 0.15) is 161 Å². The maximum Gasteiger partial charge on any atom is 0.303 e. The van der Waals surface area contributed by atoms with Gasteiger partial charge in [-0.2, -0.15) is 0 Å². The summed E-state index contributed by atoms with van der Waals surface area (Å²) in [6.45, 7) is 5.86. The molecule has 0 heterocycles. The standard InChI is InChI=1S/C34H63NO6/c1-2-3-4-5-6-7-8-9-10-11-12-13-14-15-16-17-21-28-35(29-22-18-25-32(36)37,30-23-19-26-33(38)39)31-24-20-27-34(40)41/h7-8H,2-6,9-31H2,1H3,(H2-,36,37,38,39,40,41)/b8-7+. The number of carboxylic acid groups (broad SMARTS) is 3. The molecule has 240 valence electrons. The van der Waals surface area contributed by atoms with Crippen LogP contribution >= 0.6 is 0 Å². The van der Waals surface area contributed by atoms with E-state index in [1.165, 1.54) is 89.9 Å². The van der Waals surface area contributed by atoms with E-state index in [2.05, 4.69) is 19.1 Å². The van der Waals surface area contributed by atoms with Crippen molar-refractivity contribution >= 4 is 17.9 Å². The van der Waals surface area contributed by atoms with Gasteiger partial charge >= 0.3 is 11.9 Å². The van der Waals surface area contributed by atoms with Crippen LogP contribution in [0, 0.1) is 0 Å². The number of carboxylic acids is 3. The van der Waals surface area contributed by atoms with Crippen molar-refractivity contribution in [3.05, 3.63) is 12.2 Å². The topological polar surface area (TPSA) is 115 Å². The third-order valence-corrected chi connectivity index (χ3v) is 8.20. The monoisotopic (exact) mass is 581 g/mol. The number of unbranched alkanes of at least 4 members (excludes halogenated alkanes) is 16. The summed E-state index contributed by atoms with van der Waals surface area (Å²) in [6, 6.07) is 0. The smallest absolute Gasteiger partial charge is 0.303 e. The van der Waals surface area contributed by atoms with Gasteiger partial charge in [-0.25, -0.2) is 0 Å². The van der Waals surface area contributed by atoms with Gasteiger partial charge in [0.2, 0.25) is 0 Å². The minimum atomic E-state index is -1.02. The van der Waals surface area contributed by atoms with E-state index in [0.717, 1.165) is 56.3 Å². The predicted octanol–water partition coefficient (Wildman–Crippen LogP) is 7.66. The predicted molar refractivity (Wildman–Crippen MR) is 166 cm³/mol. The molecular formula is C34H63NO6. The van der Waals surface area contributed by atoms with Crippen LogP contribution in [0.25, 0.3) is 0 Å². The Morgan fingerprint density at radius 3 is 1.24 bits per heavy atom. The van der Waals surface area contributed by atoms with Crippen LogP contribution in [-0.4, -0.2) is 58.8 Å². The van der Waals surface area contributed by atoms with Crippen LogP contribution in [0.5, 0.6) is 0 Å². The van der Waals surface area contributed by atoms with Crippen molar-refractivity contribution in [1.29, 1.82) is 0 Å². The van der Waals surface area contributed by atoms with Gasteiger partial charge in [-0.15, -0.1) is 0 Å². The molecule has 0 saturated carbocycles. The lowest BCUT2D eigenvalue weighted by molar-refractivity contribution is -0.929. The highest BCUT2D eigenvalue weighted by Crippen LogP contribution is 2.20. The van der Waals surface area contributed by atoms with E-state index in [0.29, 0.717) is 19.3 Å². The number of rotatable bonds is 32. The molecule has 0 spiro atoms. The number of hydrogen-bond acceptors (Lipinski definition) is 4. The van der Waals surface area contributed by atoms with E-state index in [9.17, 15) is 19.5 Å². The van der Waals surface area contributed by atoms with Gasteiger partial charge in [-0.05, 0) is 83.5 Å². The molecule has 0 radical (unpaired) electrons. The van der Waals surface area contributed by atoms with Crippen molar-refractivity contribution in [2.45, 2.75) is 161 Å². The molecule has 0 aromatic heterocycles.